The monoisotopic (exact) mass is 345 g/mol. The highest BCUT2D eigenvalue weighted by Crippen LogP contribution is 2.18. The third-order valence-corrected chi connectivity index (χ3v) is 5.07. The average Bonchev–Trinajstić information content (AvgIpc) is 3.16. The lowest BCUT2D eigenvalue weighted by Gasteiger charge is -2.28. The van der Waals surface area contributed by atoms with E-state index >= 15 is 0 Å². The van der Waals surface area contributed by atoms with Crippen LogP contribution in [-0.2, 0) is 11.3 Å². The lowest BCUT2D eigenvalue weighted by Crippen LogP contribution is -2.41. The van der Waals surface area contributed by atoms with Crippen molar-refractivity contribution in [2.24, 2.45) is 10.9 Å². The van der Waals surface area contributed by atoms with E-state index in [2.05, 4.69) is 44.3 Å². The lowest BCUT2D eigenvalue weighted by atomic mass is 10.1. The Morgan fingerprint density at radius 1 is 1.40 bits per heavy atom. The predicted molar refractivity (Wildman–Crippen MR) is 102 cm³/mol. The van der Waals surface area contributed by atoms with Gasteiger partial charge in [-0.15, -0.1) is 0 Å². The molecule has 6 heteroatoms. The molecule has 1 N–H and O–H groups in total. The topological polar surface area (TPSA) is 53.0 Å². The molecule has 0 bridgehead atoms. The minimum Gasteiger partial charge on any atom is -0.381 e. The van der Waals surface area contributed by atoms with E-state index in [4.69, 9.17) is 4.74 Å². The van der Waals surface area contributed by atoms with Crippen molar-refractivity contribution in [1.29, 1.82) is 0 Å². The molecule has 6 nitrogen and oxygen atoms in total. The van der Waals surface area contributed by atoms with E-state index in [9.17, 15) is 0 Å². The molecular weight excluding hydrogens is 314 g/mol. The molecule has 2 aliphatic heterocycles. The summed E-state index contributed by atoms with van der Waals surface area (Å²) >= 11 is 0. The Morgan fingerprint density at radius 3 is 2.96 bits per heavy atom. The zero-order chi connectivity index (χ0) is 17.5. The number of pyridine rings is 1. The largest absolute Gasteiger partial charge is 0.381 e. The van der Waals surface area contributed by atoms with Crippen LogP contribution < -0.4 is 10.2 Å². The first kappa shape index (κ1) is 18.0. The highest BCUT2D eigenvalue weighted by Gasteiger charge is 2.19. The van der Waals surface area contributed by atoms with Gasteiger partial charge in [0.15, 0.2) is 5.96 Å². The van der Waals surface area contributed by atoms with Crippen LogP contribution in [0.15, 0.2) is 23.3 Å². The van der Waals surface area contributed by atoms with Crippen molar-refractivity contribution in [2.75, 3.05) is 51.8 Å². The molecule has 0 radical (unpaired) electrons. The van der Waals surface area contributed by atoms with Crippen LogP contribution >= 0.6 is 0 Å². The standard InChI is InChI=1S/C19H31N5O/c1-20-19(23(2)14-17-7-11-25-15-17)22-13-16-6-8-21-18(12-16)24-9-4-3-5-10-24/h6,8,12,17H,3-5,7,9-11,13-15H2,1-2H3,(H,20,22). The predicted octanol–water partition coefficient (Wildman–Crippen LogP) is 2.12. The van der Waals surface area contributed by atoms with Crippen LogP contribution in [-0.4, -0.2) is 62.8 Å². The molecule has 0 saturated carbocycles. The summed E-state index contributed by atoms with van der Waals surface area (Å²) in [7, 11) is 3.94. The Kier molecular flexibility index (Phi) is 6.50. The summed E-state index contributed by atoms with van der Waals surface area (Å²) in [5, 5.41) is 3.48. The van der Waals surface area contributed by atoms with E-state index in [0.29, 0.717) is 5.92 Å². The van der Waals surface area contributed by atoms with Crippen LogP contribution in [0.5, 0.6) is 0 Å². The highest BCUT2D eigenvalue weighted by atomic mass is 16.5. The molecule has 1 atom stereocenters. The van der Waals surface area contributed by atoms with Gasteiger partial charge in [0.2, 0.25) is 0 Å². The summed E-state index contributed by atoms with van der Waals surface area (Å²) in [6, 6.07) is 4.29. The fraction of sp³-hybridized carbons (Fsp3) is 0.684. The SMILES string of the molecule is CN=C(NCc1ccnc(N2CCCCC2)c1)N(C)CC1CCOC1. The van der Waals surface area contributed by atoms with Gasteiger partial charge in [0.1, 0.15) is 5.82 Å². The number of nitrogens with one attached hydrogen (secondary N) is 1. The molecule has 138 valence electrons. The molecule has 25 heavy (non-hydrogen) atoms. The van der Waals surface area contributed by atoms with Crippen LogP contribution in [0.25, 0.3) is 0 Å². The smallest absolute Gasteiger partial charge is 0.193 e. The Labute approximate surface area is 151 Å². The Bertz CT molecular complexity index is 565. The second kappa shape index (κ2) is 9.04. The first-order valence-corrected chi connectivity index (χ1v) is 9.45. The number of aromatic nitrogens is 1. The van der Waals surface area contributed by atoms with E-state index in [1.54, 1.807) is 0 Å². The van der Waals surface area contributed by atoms with Gasteiger partial charge in [-0.3, -0.25) is 4.99 Å². The van der Waals surface area contributed by atoms with Crippen molar-refractivity contribution in [3.05, 3.63) is 23.9 Å². The molecule has 1 aromatic rings. The zero-order valence-corrected chi connectivity index (χ0v) is 15.6. The van der Waals surface area contributed by atoms with E-state index < -0.39 is 0 Å². The summed E-state index contributed by atoms with van der Waals surface area (Å²) in [6.07, 6.45) is 6.94. The van der Waals surface area contributed by atoms with Crippen molar-refractivity contribution < 1.29 is 4.74 Å². The molecule has 1 aromatic heterocycles. The van der Waals surface area contributed by atoms with Crippen molar-refractivity contribution in [3.8, 4) is 0 Å². The molecule has 1 unspecified atom stereocenters. The third-order valence-electron chi connectivity index (χ3n) is 5.07. The molecule has 0 aromatic carbocycles. The van der Waals surface area contributed by atoms with Gasteiger partial charge in [-0.1, -0.05) is 0 Å². The fourth-order valence-corrected chi connectivity index (χ4v) is 3.63. The van der Waals surface area contributed by atoms with E-state index in [-0.39, 0.29) is 0 Å². The second-order valence-corrected chi connectivity index (χ2v) is 7.08. The summed E-state index contributed by atoms with van der Waals surface area (Å²) in [4.78, 5) is 13.6. The summed E-state index contributed by atoms with van der Waals surface area (Å²) < 4.78 is 5.47. The molecule has 3 rings (SSSR count). The number of nitrogens with zero attached hydrogens (tertiary/aromatic N) is 4. The summed E-state index contributed by atoms with van der Waals surface area (Å²) in [5.74, 6) is 2.64. The molecule has 2 saturated heterocycles. The van der Waals surface area contributed by atoms with Crippen LogP contribution in [0.1, 0.15) is 31.2 Å². The lowest BCUT2D eigenvalue weighted by molar-refractivity contribution is 0.181. The number of anilines is 1. The second-order valence-electron chi connectivity index (χ2n) is 7.08. The number of rotatable bonds is 5. The quantitative estimate of drug-likeness (QED) is 0.654. The third kappa shape index (κ3) is 5.08. The van der Waals surface area contributed by atoms with Crippen LogP contribution in [0.3, 0.4) is 0 Å². The van der Waals surface area contributed by atoms with Gasteiger partial charge in [-0.2, -0.15) is 0 Å². The van der Waals surface area contributed by atoms with Crippen molar-refractivity contribution in [2.45, 2.75) is 32.2 Å². The fourth-order valence-electron chi connectivity index (χ4n) is 3.63. The van der Waals surface area contributed by atoms with Gasteiger partial charge in [0.05, 0.1) is 6.61 Å². The van der Waals surface area contributed by atoms with Gasteiger partial charge in [0.25, 0.3) is 0 Å². The molecule has 2 aliphatic rings. The van der Waals surface area contributed by atoms with Crippen molar-refractivity contribution in [1.82, 2.24) is 15.2 Å². The normalized spacial score (nSPS) is 21.4. The molecule has 3 heterocycles. The minimum atomic E-state index is 0.607. The number of ether oxygens (including phenoxy) is 1. The van der Waals surface area contributed by atoms with Crippen molar-refractivity contribution >= 4 is 11.8 Å². The van der Waals surface area contributed by atoms with Gasteiger partial charge in [-0.05, 0) is 43.4 Å². The zero-order valence-electron chi connectivity index (χ0n) is 15.6. The maximum Gasteiger partial charge on any atom is 0.193 e. The summed E-state index contributed by atoms with van der Waals surface area (Å²) in [6.45, 7) is 5.75. The molecule has 2 fully saturated rings. The Balaban J connectivity index is 1.54. The van der Waals surface area contributed by atoms with Gasteiger partial charge < -0.3 is 19.9 Å². The number of aliphatic imine (C=N–C) groups is 1. The van der Waals surface area contributed by atoms with Crippen LogP contribution in [0, 0.1) is 5.92 Å². The highest BCUT2D eigenvalue weighted by molar-refractivity contribution is 5.79. The average molecular weight is 345 g/mol. The number of guanidine groups is 1. The first-order chi connectivity index (χ1) is 12.3. The van der Waals surface area contributed by atoms with E-state index in [0.717, 1.165) is 57.6 Å². The van der Waals surface area contributed by atoms with Gasteiger partial charge >= 0.3 is 0 Å². The van der Waals surface area contributed by atoms with E-state index in [1.807, 2.05) is 13.2 Å². The van der Waals surface area contributed by atoms with Gasteiger partial charge in [-0.25, -0.2) is 4.98 Å². The molecule has 0 aliphatic carbocycles. The summed E-state index contributed by atoms with van der Waals surface area (Å²) in [5.41, 5.74) is 1.24. The van der Waals surface area contributed by atoms with Gasteiger partial charge in [0, 0.05) is 59.0 Å². The number of hydrogen-bond donors (Lipinski definition) is 1. The number of hydrogen-bond acceptors (Lipinski definition) is 4. The van der Waals surface area contributed by atoms with E-state index in [1.165, 1.54) is 24.8 Å². The maximum atomic E-state index is 5.47. The van der Waals surface area contributed by atoms with Crippen LogP contribution in [0.2, 0.25) is 0 Å². The Hall–Kier alpha value is -1.82. The van der Waals surface area contributed by atoms with Crippen LogP contribution in [0.4, 0.5) is 5.82 Å². The molecule has 0 spiro atoms. The molecular formula is C19H31N5O. The minimum absolute atomic E-state index is 0.607. The number of piperidine rings is 1. The maximum absolute atomic E-state index is 5.47. The van der Waals surface area contributed by atoms with Crippen molar-refractivity contribution in [3.63, 3.8) is 0 Å². The Morgan fingerprint density at radius 2 is 2.24 bits per heavy atom. The first-order valence-electron chi connectivity index (χ1n) is 9.45. The molecule has 0 amide bonds.